The lowest BCUT2D eigenvalue weighted by Crippen LogP contribution is -2.57. The van der Waals surface area contributed by atoms with Crippen LogP contribution in [0.2, 0.25) is 0 Å². The molecule has 37 heavy (non-hydrogen) atoms. The van der Waals surface area contributed by atoms with Crippen molar-refractivity contribution < 1.29 is 24.0 Å². The number of alkyl halides is 2. The number of halogens is 2. The van der Waals surface area contributed by atoms with Crippen molar-refractivity contribution in [2.45, 2.75) is 16.4 Å². The molecule has 0 N–H and O–H groups in total. The zero-order valence-electron chi connectivity index (χ0n) is 19.1. The third-order valence-corrected chi connectivity index (χ3v) is 8.83. The maximum atomic E-state index is 13.7. The average Bonchev–Trinajstić information content (AvgIpc) is 3.16. The Morgan fingerprint density at radius 2 is 1.27 bits per heavy atom. The molecule has 7 rings (SSSR count). The molecule has 2 bridgehead atoms. The molecule has 3 aromatic carbocycles. The van der Waals surface area contributed by atoms with Crippen molar-refractivity contribution in [3.8, 4) is 0 Å². The molecule has 0 radical (unpaired) electrons. The Hall–Kier alpha value is -3.75. The fourth-order valence-corrected chi connectivity index (χ4v) is 7.12. The summed E-state index contributed by atoms with van der Waals surface area (Å²) in [6.07, 6.45) is 0. The van der Waals surface area contributed by atoms with Gasteiger partial charge in [0.15, 0.2) is 0 Å². The number of nitro groups is 1. The Balaban J connectivity index is 1.33. The van der Waals surface area contributed by atoms with Gasteiger partial charge in [0.05, 0.1) is 22.3 Å². The number of hydrogen-bond acceptors (Lipinski definition) is 6. The first-order chi connectivity index (χ1) is 17.7. The van der Waals surface area contributed by atoms with Gasteiger partial charge >= 0.3 is 5.97 Å². The molecule has 2 atom stereocenters. The van der Waals surface area contributed by atoms with E-state index in [9.17, 15) is 24.5 Å². The van der Waals surface area contributed by atoms with Gasteiger partial charge in [0.1, 0.15) is 22.9 Å². The number of ether oxygens (including phenoxy) is 1. The fraction of sp³-hybridized carbons (Fsp3) is 0.222. The van der Waals surface area contributed by atoms with E-state index in [-0.39, 0.29) is 17.9 Å². The van der Waals surface area contributed by atoms with Gasteiger partial charge in [-0.25, -0.2) is 0 Å². The van der Waals surface area contributed by atoms with Crippen LogP contribution in [-0.2, 0) is 35.5 Å². The molecule has 4 aliphatic rings. The number of carbonyl (C=O) groups is 3. The maximum Gasteiger partial charge on any atom is 0.326 e. The highest BCUT2D eigenvalue weighted by Gasteiger charge is 2.73. The lowest BCUT2D eigenvalue weighted by Gasteiger charge is -2.54. The topological polar surface area (TPSA) is 107 Å². The van der Waals surface area contributed by atoms with Crippen molar-refractivity contribution in [3.05, 3.63) is 111 Å². The minimum absolute atomic E-state index is 0.192. The zero-order chi connectivity index (χ0) is 26.1. The van der Waals surface area contributed by atoms with Crippen LogP contribution in [0.3, 0.4) is 0 Å². The molecule has 3 aliphatic carbocycles. The second kappa shape index (κ2) is 8.13. The molecule has 1 aliphatic heterocycles. The van der Waals surface area contributed by atoms with E-state index >= 15 is 0 Å². The van der Waals surface area contributed by atoms with Crippen LogP contribution in [0.5, 0.6) is 0 Å². The quantitative estimate of drug-likeness (QED) is 0.159. The molecule has 1 heterocycles. The van der Waals surface area contributed by atoms with E-state index in [2.05, 4.69) is 0 Å². The van der Waals surface area contributed by atoms with Crippen molar-refractivity contribution in [1.29, 1.82) is 0 Å². The summed E-state index contributed by atoms with van der Waals surface area (Å²) in [7, 11) is 0. The molecule has 10 heteroatoms. The minimum atomic E-state index is -1.34. The number of amides is 2. The second-order valence-corrected chi connectivity index (χ2v) is 10.5. The molecular weight excluding hydrogens is 519 g/mol. The highest BCUT2D eigenvalue weighted by molar-refractivity contribution is 6.36. The Bertz CT molecular complexity index is 1400. The van der Waals surface area contributed by atoms with Crippen molar-refractivity contribution in [1.82, 2.24) is 4.90 Å². The van der Waals surface area contributed by atoms with Gasteiger partial charge < -0.3 is 4.74 Å². The van der Waals surface area contributed by atoms with E-state index in [0.717, 1.165) is 4.90 Å². The highest BCUT2D eigenvalue weighted by Crippen LogP contribution is 2.69. The molecular formula is C27H18Cl2N2O6. The minimum Gasteiger partial charge on any atom is -0.459 e. The van der Waals surface area contributed by atoms with E-state index in [4.69, 9.17) is 27.9 Å². The number of benzene rings is 3. The number of rotatable bonds is 5. The van der Waals surface area contributed by atoms with Gasteiger partial charge in [0, 0.05) is 6.07 Å². The first-order valence-corrected chi connectivity index (χ1v) is 12.3. The SMILES string of the molecule is O=C(CN1C(=O)[C@@H]2[C@@H](C1=O)C1(Cl)c3ccccc3C2(Cl)c2ccccc21)OCc1ccccc1[N+](=O)[O-]. The largest absolute Gasteiger partial charge is 0.459 e. The smallest absolute Gasteiger partial charge is 0.326 e. The molecule has 186 valence electrons. The Morgan fingerprint density at radius 3 is 1.73 bits per heavy atom. The van der Waals surface area contributed by atoms with E-state index in [1.54, 1.807) is 30.3 Å². The third-order valence-electron chi connectivity index (χ3n) is 7.54. The molecule has 0 spiro atoms. The van der Waals surface area contributed by atoms with Gasteiger partial charge in [-0.05, 0) is 28.3 Å². The lowest BCUT2D eigenvalue weighted by atomic mass is 9.54. The van der Waals surface area contributed by atoms with Gasteiger partial charge in [-0.15, -0.1) is 23.2 Å². The molecule has 0 unspecified atom stereocenters. The Kier molecular flexibility index (Phi) is 5.19. The van der Waals surface area contributed by atoms with Gasteiger partial charge in [0.25, 0.3) is 5.69 Å². The van der Waals surface area contributed by atoms with E-state index in [1.165, 1.54) is 18.2 Å². The molecule has 3 aromatic rings. The summed E-state index contributed by atoms with van der Waals surface area (Å²) in [5.74, 6) is -4.14. The standard InChI is InChI=1S/C27H18Cl2N2O6/c28-26-16-8-2-3-9-17(16)27(29,19-11-5-4-10-18(19)26)23-22(26)24(33)30(25(23)34)13-21(32)37-14-15-7-1-6-12-20(15)31(35)36/h1-12,22-23H,13-14H2/t22-,23-,26?,27?/m0/s1. The average molecular weight is 537 g/mol. The van der Waals surface area contributed by atoms with Crippen LogP contribution in [0.4, 0.5) is 5.69 Å². The third kappa shape index (κ3) is 3.06. The van der Waals surface area contributed by atoms with Crippen LogP contribution in [-0.4, -0.2) is 34.2 Å². The summed E-state index contributed by atoms with van der Waals surface area (Å²) >= 11 is 14.7. The summed E-state index contributed by atoms with van der Waals surface area (Å²) < 4.78 is 5.22. The summed E-state index contributed by atoms with van der Waals surface area (Å²) in [6, 6.07) is 20.3. The monoisotopic (exact) mass is 536 g/mol. The summed E-state index contributed by atoms with van der Waals surface area (Å²) in [5, 5.41) is 11.2. The van der Waals surface area contributed by atoms with Crippen molar-refractivity contribution in [2.75, 3.05) is 6.54 Å². The molecule has 0 aromatic heterocycles. The Labute approximate surface area is 220 Å². The first-order valence-electron chi connectivity index (χ1n) is 11.5. The van der Waals surface area contributed by atoms with Gasteiger partial charge in [0.2, 0.25) is 11.8 Å². The Morgan fingerprint density at radius 1 is 0.838 bits per heavy atom. The van der Waals surface area contributed by atoms with Crippen LogP contribution < -0.4 is 0 Å². The van der Waals surface area contributed by atoms with Gasteiger partial charge in [-0.1, -0.05) is 60.7 Å². The fourth-order valence-electron chi connectivity index (χ4n) is 6.02. The number of carbonyl (C=O) groups excluding carboxylic acids is 3. The first kappa shape index (κ1) is 23.6. The number of nitrogens with zero attached hydrogens (tertiary/aromatic N) is 2. The number of para-hydroxylation sites is 1. The molecule has 1 saturated heterocycles. The number of imide groups is 1. The highest BCUT2D eigenvalue weighted by atomic mass is 35.5. The summed E-state index contributed by atoms with van der Waals surface area (Å²) in [6.45, 7) is -1.03. The van der Waals surface area contributed by atoms with Crippen LogP contribution in [0.25, 0.3) is 0 Å². The van der Waals surface area contributed by atoms with Crippen molar-refractivity contribution in [3.63, 3.8) is 0 Å². The zero-order valence-corrected chi connectivity index (χ0v) is 20.6. The predicted molar refractivity (Wildman–Crippen MR) is 133 cm³/mol. The van der Waals surface area contributed by atoms with Crippen LogP contribution in [0.15, 0.2) is 72.8 Å². The van der Waals surface area contributed by atoms with E-state index in [0.29, 0.717) is 22.3 Å². The summed E-state index contributed by atoms with van der Waals surface area (Å²) in [4.78, 5) is 49.0. The molecule has 2 amide bonds. The normalized spacial score (nSPS) is 26.9. The van der Waals surface area contributed by atoms with Gasteiger partial charge in [-0.2, -0.15) is 0 Å². The van der Waals surface area contributed by atoms with Crippen LogP contribution in [0.1, 0.15) is 27.8 Å². The van der Waals surface area contributed by atoms with Crippen molar-refractivity contribution in [2.24, 2.45) is 11.8 Å². The van der Waals surface area contributed by atoms with E-state index < -0.39 is 50.8 Å². The maximum absolute atomic E-state index is 13.7. The lowest BCUT2D eigenvalue weighted by molar-refractivity contribution is -0.385. The molecule has 1 fully saturated rings. The molecule has 8 nitrogen and oxygen atoms in total. The van der Waals surface area contributed by atoms with Crippen LogP contribution in [0, 0.1) is 22.0 Å². The number of hydrogen-bond donors (Lipinski definition) is 0. The summed E-state index contributed by atoms with van der Waals surface area (Å²) in [5.41, 5.74) is 2.64. The number of likely N-dealkylation sites (tertiary alicyclic amines) is 1. The second-order valence-electron chi connectivity index (χ2n) is 9.28. The van der Waals surface area contributed by atoms with Crippen LogP contribution >= 0.6 is 23.2 Å². The van der Waals surface area contributed by atoms with E-state index in [1.807, 2.05) is 24.3 Å². The number of esters is 1. The number of nitro benzene ring substituents is 1. The predicted octanol–water partition coefficient (Wildman–Crippen LogP) is 4.23. The van der Waals surface area contributed by atoms with Crippen molar-refractivity contribution >= 4 is 46.7 Å². The van der Waals surface area contributed by atoms with Gasteiger partial charge in [-0.3, -0.25) is 29.4 Å². The molecule has 0 saturated carbocycles.